The quantitative estimate of drug-likeness (QED) is 0.515. The number of amides is 4. The average molecular weight is 424 g/mol. The first-order valence-corrected chi connectivity index (χ1v) is 9.93. The van der Waals surface area contributed by atoms with Crippen molar-refractivity contribution in [1.29, 1.82) is 0 Å². The van der Waals surface area contributed by atoms with Crippen LogP contribution in [0.25, 0.3) is 6.08 Å². The summed E-state index contributed by atoms with van der Waals surface area (Å²) in [6.45, 7) is 4.89. The van der Waals surface area contributed by atoms with Gasteiger partial charge in [-0.1, -0.05) is 13.0 Å². The van der Waals surface area contributed by atoms with Gasteiger partial charge in [0.15, 0.2) is 11.5 Å². The minimum Gasteiger partial charge on any atom is -0.494 e. The zero-order valence-corrected chi connectivity index (χ0v) is 17.6. The maximum Gasteiger partial charge on any atom is 0.335 e. The van der Waals surface area contributed by atoms with Gasteiger partial charge in [0.05, 0.1) is 26.0 Å². The molecule has 0 radical (unpaired) electrons. The van der Waals surface area contributed by atoms with Gasteiger partial charge in [-0.3, -0.25) is 14.9 Å². The van der Waals surface area contributed by atoms with Crippen LogP contribution in [0.15, 0.2) is 48.0 Å². The normalized spacial score (nSPS) is 15.1. The van der Waals surface area contributed by atoms with Gasteiger partial charge in [-0.15, -0.1) is 0 Å². The molecule has 1 N–H and O–H groups in total. The van der Waals surface area contributed by atoms with Gasteiger partial charge in [-0.05, 0) is 61.4 Å². The van der Waals surface area contributed by atoms with Crippen LogP contribution < -0.4 is 24.4 Å². The Labute approximate surface area is 180 Å². The molecule has 0 atom stereocenters. The molecule has 8 heteroatoms. The smallest absolute Gasteiger partial charge is 0.335 e. The molecule has 3 rings (SSSR count). The Morgan fingerprint density at radius 1 is 0.968 bits per heavy atom. The number of rotatable bonds is 8. The lowest BCUT2D eigenvalue weighted by Gasteiger charge is -2.26. The van der Waals surface area contributed by atoms with Crippen LogP contribution in [-0.2, 0) is 9.59 Å². The second-order valence-corrected chi connectivity index (χ2v) is 6.64. The molecule has 8 nitrogen and oxygen atoms in total. The molecule has 0 aliphatic carbocycles. The van der Waals surface area contributed by atoms with Crippen molar-refractivity contribution >= 4 is 29.6 Å². The topological polar surface area (TPSA) is 94.2 Å². The fourth-order valence-electron chi connectivity index (χ4n) is 3.02. The summed E-state index contributed by atoms with van der Waals surface area (Å²) in [5, 5.41) is 2.21. The zero-order chi connectivity index (χ0) is 22.4. The number of carbonyl (C=O) groups is 3. The number of anilines is 1. The summed E-state index contributed by atoms with van der Waals surface area (Å²) in [5.41, 5.74) is 0.711. The van der Waals surface area contributed by atoms with Gasteiger partial charge in [-0.2, -0.15) is 0 Å². The monoisotopic (exact) mass is 424 g/mol. The highest BCUT2D eigenvalue weighted by Crippen LogP contribution is 2.30. The molecule has 31 heavy (non-hydrogen) atoms. The number of nitrogens with zero attached hydrogens (tertiary/aromatic N) is 1. The molecule has 0 saturated carbocycles. The molecule has 1 aliphatic rings. The number of barbiturate groups is 1. The Hall–Kier alpha value is -3.81. The summed E-state index contributed by atoms with van der Waals surface area (Å²) in [4.78, 5) is 38.7. The van der Waals surface area contributed by atoms with E-state index in [1.54, 1.807) is 42.5 Å². The SMILES string of the molecule is CCCOc1ccc(C=C2C(=O)NC(=O)N(c3ccc(OCC)cc3)C2=O)cc1OC. The molecule has 1 heterocycles. The lowest BCUT2D eigenvalue weighted by atomic mass is 10.1. The van der Waals surface area contributed by atoms with Crippen molar-refractivity contribution < 1.29 is 28.6 Å². The first kappa shape index (κ1) is 21.9. The number of urea groups is 1. The molecular weight excluding hydrogens is 400 g/mol. The van der Waals surface area contributed by atoms with Crippen LogP contribution in [-0.4, -0.2) is 38.2 Å². The molecule has 0 aromatic heterocycles. The van der Waals surface area contributed by atoms with Gasteiger partial charge in [0.25, 0.3) is 11.8 Å². The van der Waals surface area contributed by atoms with Gasteiger partial charge in [0, 0.05) is 0 Å². The van der Waals surface area contributed by atoms with Crippen LogP contribution in [0.5, 0.6) is 17.2 Å². The lowest BCUT2D eigenvalue weighted by molar-refractivity contribution is -0.122. The summed E-state index contributed by atoms with van der Waals surface area (Å²) < 4.78 is 16.4. The van der Waals surface area contributed by atoms with Crippen molar-refractivity contribution in [3.8, 4) is 17.2 Å². The van der Waals surface area contributed by atoms with Gasteiger partial charge < -0.3 is 14.2 Å². The third-order valence-corrected chi connectivity index (χ3v) is 4.47. The number of benzene rings is 2. The molecular formula is C23H24N2O6. The predicted octanol–water partition coefficient (Wildman–Crippen LogP) is 3.55. The third-order valence-electron chi connectivity index (χ3n) is 4.47. The maximum atomic E-state index is 13.0. The minimum atomic E-state index is -0.808. The minimum absolute atomic E-state index is 0.169. The molecule has 0 spiro atoms. The number of methoxy groups -OCH3 is 1. The predicted molar refractivity (Wildman–Crippen MR) is 115 cm³/mol. The fourth-order valence-corrected chi connectivity index (χ4v) is 3.02. The van der Waals surface area contributed by atoms with Crippen molar-refractivity contribution in [3.63, 3.8) is 0 Å². The fraction of sp³-hybridized carbons (Fsp3) is 0.261. The van der Waals surface area contributed by atoms with Crippen LogP contribution in [0.4, 0.5) is 10.5 Å². The second kappa shape index (κ2) is 9.80. The first-order valence-electron chi connectivity index (χ1n) is 9.93. The van der Waals surface area contributed by atoms with Gasteiger partial charge >= 0.3 is 6.03 Å². The Balaban J connectivity index is 1.91. The van der Waals surface area contributed by atoms with Gasteiger partial charge in [0.1, 0.15) is 11.3 Å². The highest BCUT2D eigenvalue weighted by Gasteiger charge is 2.36. The van der Waals surface area contributed by atoms with Gasteiger partial charge in [-0.25, -0.2) is 9.69 Å². The summed E-state index contributed by atoms with van der Waals surface area (Å²) in [7, 11) is 1.51. The standard InChI is InChI=1S/C23H24N2O6/c1-4-12-31-19-11-6-15(14-20(19)29-3)13-18-21(26)24-23(28)25(22(18)27)16-7-9-17(10-8-16)30-5-2/h6-11,13-14H,4-5,12H2,1-3H3,(H,24,26,28). The first-order chi connectivity index (χ1) is 15.0. The summed E-state index contributed by atoms with van der Waals surface area (Å²) >= 11 is 0. The number of hydrogen-bond donors (Lipinski definition) is 1. The molecule has 4 amide bonds. The Morgan fingerprint density at radius 2 is 1.71 bits per heavy atom. The van der Waals surface area contributed by atoms with Crippen molar-refractivity contribution in [1.82, 2.24) is 5.32 Å². The number of ether oxygens (including phenoxy) is 3. The van der Waals surface area contributed by atoms with E-state index in [2.05, 4.69) is 5.32 Å². The number of imide groups is 2. The van der Waals surface area contributed by atoms with Crippen LogP contribution in [0.1, 0.15) is 25.8 Å². The third kappa shape index (κ3) is 4.85. The molecule has 1 fully saturated rings. The Bertz CT molecular complexity index is 1010. The van der Waals surface area contributed by atoms with E-state index in [0.717, 1.165) is 11.3 Å². The zero-order valence-electron chi connectivity index (χ0n) is 17.6. The van der Waals surface area contributed by atoms with E-state index >= 15 is 0 Å². The van der Waals surface area contributed by atoms with Crippen molar-refractivity contribution in [2.45, 2.75) is 20.3 Å². The molecule has 0 unspecified atom stereocenters. The number of carbonyl (C=O) groups excluding carboxylic acids is 3. The number of nitrogens with one attached hydrogen (secondary N) is 1. The van der Waals surface area contributed by atoms with E-state index in [9.17, 15) is 14.4 Å². The van der Waals surface area contributed by atoms with E-state index in [0.29, 0.717) is 41.7 Å². The average Bonchev–Trinajstić information content (AvgIpc) is 2.76. The van der Waals surface area contributed by atoms with Gasteiger partial charge in [0.2, 0.25) is 0 Å². The molecule has 2 aromatic rings. The van der Waals surface area contributed by atoms with E-state index in [1.807, 2.05) is 13.8 Å². The molecule has 0 bridgehead atoms. The van der Waals surface area contributed by atoms with E-state index in [1.165, 1.54) is 13.2 Å². The number of hydrogen-bond acceptors (Lipinski definition) is 6. The largest absolute Gasteiger partial charge is 0.494 e. The molecule has 1 saturated heterocycles. The second-order valence-electron chi connectivity index (χ2n) is 6.64. The molecule has 2 aromatic carbocycles. The van der Waals surface area contributed by atoms with Crippen LogP contribution in [0.2, 0.25) is 0 Å². The summed E-state index contributed by atoms with van der Waals surface area (Å²) in [6, 6.07) is 10.7. The molecule has 162 valence electrons. The van der Waals surface area contributed by atoms with Crippen molar-refractivity contribution in [3.05, 3.63) is 53.6 Å². The summed E-state index contributed by atoms with van der Waals surface area (Å²) in [5.74, 6) is 0.175. The Morgan fingerprint density at radius 3 is 2.35 bits per heavy atom. The van der Waals surface area contributed by atoms with Crippen LogP contribution in [0, 0.1) is 0 Å². The maximum absolute atomic E-state index is 13.0. The highest BCUT2D eigenvalue weighted by atomic mass is 16.5. The van der Waals surface area contributed by atoms with E-state index in [-0.39, 0.29) is 5.57 Å². The summed E-state index contributed by atoms with van der Waals surface area (Å²) in [6.07, 6.45) is 2.26. The molecule has 1 aliphatic heterocycles. The Kier molecular flexibility index (Phi) is 6.92. The van der Waals surface area contributed by atoms with Crippen molar-refractivity contribution in [2.75, 3.05) is 25.2 Å². The lowest BCUT2D eigenvalue weighted by Crippen LogP contribution is -2.54. The van der Waals surface area contributed by atoms with Crippen molar-refractivity contribution in [2.24, 2.45) is 0 Å². The van der Waals surface area contributed by atoms with Crippen LogP contribution >= 0.6 is 0 Å². The van der Waals surface area contributed by atoms with E-state index in [4.69, 9.17) is 14.2 Å². The highest BCUT2D eigenvalue weighted by molar-refractivity contribution is 6.39. The van der Waals surface area contributed by atoms with E-state index < -0.39 is 17.8 Å². The van der Waals surface area contributed by atoms with Crippen LogP contribution in [0.3, 0.4) is 0 Å².